The van der Waals surface area contributed by atoms with Crippen molar-refractivity contribution >= 4 is 33.3 Å². The molecule has 2 heterocycles. The lowest BCUT2D eigenvalue weighted by Gasteiger charge is -2.19. The van der Waals surface area contributed by atoms with Gasteiger partial charge in [-0.3, -0.25) is 0 Å². The molecule has 0 spiro atoms. The number of aromatic nitrogens is 2. The first kappa shape index (κ1) is 16.0. The fourth-order valence-corrected chi connectivity index (χ4v) is 3.11. The Labute approximate surface area is 131 Å². The quantitative estimate of drug-likeness (QED) is 0.739. The molecule has 2 aromatic heterocycles. The monoisotopic (exact) mass is 306 g/mol. The van der Waals surface area contributed by atoms with E-state index in [1.54, 1.807) is 11.3 Å². The minimum atomic E-state index is 0.414. The molecule has 0 aliphatic heterocycles. The van der Waals surface area contributed by atoms with E-state index in [1.807, 2.05) is 0 Å². The summed E-state index contributed by atoms with van der Waals surface area (Å²) in [4.78, 5) is 10.3. The average molecular weight is 306 g/mol. The van der Waals surface area contributed by atoms with Gasteiger partial charge in [0.25, 0.3) is 0 Å². The molecule has 21 heavy (non-hydrogen) atoms. The third kappa shape index (κ3) is 4.30. The average Bonchev–Trinajstić information content (AvgIpc) is 2.93. The Morgan fingerprint density at radius 1 is 1.24 bits per heavy atom. The molecule has 2 N–H and O–H groups in total. The summed E-state index contributed by atoms with van der Waals surface area (Å²) >= 11 is 1.66. The van der Waals surface area contributed by atoms with Gasteiger partial charge in [0.15, 0.2) is 0 Å². The zero-order valence-corrected chi connectivity index (χ0v) is 14.3. The van der Waals surface area contributed by atoms with E-state index in [4.69, 9.17) is 0 Å². The molecule has 4 nitrogen and oxygen atoms in total. The first-order chi connectivity index (χ1) is 10.1. The summed E-state index contributed by atoms with van der Waals surface area (Å²) in [7, 11) is 0. The van der Waals surface area contributed by atoms with Gasteiger partial charge in [-0.25, -0.2) is 4.98 Å². The third-order valence-corrected chi connectivity index (χ3v) is 4.50. The van der Waals surface area contributed by atoms with E-state index in [0.717, 1.165) is 47.3 Å². The second kappa shape index (κ2) is 7.59. The van der Waals surface area contributed by atoms with Gasteiger partial charge in [-0.1, -0.05) is 27.2 Å². The Hall–Kier alpha value is -1.36. The summed E-state index contributed by atoms with van der Waals surface area (Å²) < 4.78 is 0. The van der Waals surface area contributed by atoms with Crippen molar-refractivity contribution in [3.05, 3.63) is 11.4 Å². The molecule has 116 valence electrons. The maximum absolute atomic E-state index is 4.66. The molecule has 2 atom stereocenters. The fourth-order valence-electron chi connectivity index (χ4n) is 2.34. The van der Waals surface area contributed by atoms with Gasteiger partial charge in [-0.2, -0.15) is 4.98 Å². The minimum absolute atomic E-state index is 0.414. The van der Waals surface area contributed by atoms with Crippen molar-refractivity contribution in [2.45, 2.75) is 53.0 Å². The van der Waals surface area contributed by atoms with Crippen molar-refractivity contribution in [2.24, 2.45) is 5.92 Å². The summed E-state index contributed by atoms with van der Waals surface area (Å²) in [6.45, 7) is 9.81. The van der Waals surface area contributed by atoms with Crippen LogP contribution in [0.2, 0.25) is 0 Å². The molecule has 2 aromatic rings. The molecule has 0 amide bonds. The van der Waals surface area contributed by atoms with Crippen LogP contribution in [0.1, 0.15) is 47.0 Å². The molecule has 0 saturated heterocycles. The molecule has 2 unspecified atom stereocenters. The number of hydrogen-bond acceptors (Lipinski definition) is 5. The van der Waals surface area contributed by atoms with E-state index in [1.165, 1.54) is 6.42 Å². The van der Waals surface area contributed by atoms with Gasteiger partial charge in [0.2, 0.25) is 5.95 Å². The van der Waals surface area contributed by atoms with Crippen molar-refractivity contribution in [1.29, 1.82) is 0 Å². The minimum Gasteiger partial charge on any atom is -0.367 e. The van der Waals surface area contributed by atoms with Gasteiger partial charge in [-0.05, 0) is 37.1 Å². The number of fused-ring (bicyclic) bond motifs is 1. The van der Waals surface area contributed by atoms with Gasteiger partial charge in [0.05, 0.1) is 5.39 Å². The van der Waals surface area contributed by atoms with Crippen LogP contribution in [0, 0.1) is 5.92 Å². The van der Waals surface area contributed by atoms with Crippen molar-refractivity contribution < 1.29 is 0 Å². The van der Waals surface area contributed by atoms with Crippen molar-refractivity contribution in [2.75, 3.05) is 17.2 Å². The topological polar surface area (TPSA) is 49.8 Å². The highest BCUT2D eigenvalue weighted by Crippen LogP contribution is 2.27. The summed E-state index contributed by atoms with van der Waals surface area (Å²) in [6, 6.07) is 2.51. The molecule has 0 aromatic carbocycles. The van der Waals surface area contributed by atoms with Crippen molar-refractivity contribution in [3.63, 3.8) is 0 Å². The summed E-state index contributed by atoms with van der Waals surface area (Å²) in [5, 5.41) is 10.1. The highest BCUT2D eigenvalue weighted by molar-refractivity contribution is 7.16. The van der Waals surface area contributed by atoms with E-state index in [9.17, 15) is 0 Å². The van der Waals surface area contributed by atoms with E-state index < -0.39 is 0 Å². The smallest absolute Gasteiger partial charge is 0.226 e. The van der Waals surface area contributed by atoms with Crippen LogP contribution in [0.3, 0.4) is 0 Å². The molecule has 0 bridgehead atoms. The second-order valence-electron chi connectivity index (χ2n) is 5.76. The number of rotatable bonds is 8. The summed E-state index contributed by atoms with van der Waals surface area (Å²) in [5.41, 5.74) is 0. The normalized spacial score (nSPS) is 14.1. The van der Waals surface area contributed by atoms with E-state index in [2.05, 4.69) is 59.7 Å². The predicted molar refractivity (Wildman–Crippen MR) is 93.4 cm³/mol. The lowest BCUT2D eigenvalue weighted by molar-refractivity contribution is 0.483. The molecule has 0 saturated carbocycles. The second-order valence-corrected chi connectivity index (χ2v) is 6.65. The third-order valence-electron chi connectivity index (χ3n) is 3.69. The number of hydrogen-bond donors (Lipinski definition) is 2. The Balaban J connectivity index is 2.18. The molecule has 0 aliphatic carbocycles. The van der Waals surface area contributed by atoms with Crippen LogP contribution >= 0.6 is 11.3 Å². The van der Waals surface area contributed by atoms with Crippen molar-refractivity contribution in [3.8, 4) is 0 Å². The number of anilines is 2. The van der Waals surface area contributed by atoms with Gasteiger partial charge >= 0.3 is 0 Å². The lowest BCUT2D eigenvalue weighted by atomic mass is 10.0. The van der Waals surface area contributed by atoms with Crippen LogP contribution in [-0.4, -0.2) is 22.6 Å². The first-order valence-electron chi connectivity index (χ1n) is 7.89. The molecule has 0 aliphatic rings. The predicted octanol–water partition coefficient (Wildman–Crippen LogP) is 4.75. The van der Waals surface area contributed by atoms with Crippen LogP contribution in [0.25, 0.3) is 10.2 Å². The number of nitrogens with zero attached hydrogens (tertiary/aromatic N) is 2. The lowest BCUT2D eigenvalue weighted by Crippen LogP contribution is -2.19. The summed E-state index contributed by atoms with van der Waals surface area (Å²) in [6.07, 6.45) is 3.44. The van der Waals surface area contributed by atoms with Crippen molar-refractivity contribution in [1.82, 2.24) is 9.97 Å². The van der Waals surface area contributed by atoms with Crippen LogP contribution in [0.4, 0.5) is 11.8 Å². The maximum atomic E-state index is 4.66. The molecule has 2 rings (SSSR count). The van der Waals surface area contributed by atoms with Gasteiger partial charge in [0.1, 0.15) is 10.6 Å². The Kier molecular flexibility index (Phi) is 5.79. The van der Waals surface area contributed by atoms with E-state index in [0.29, 0.717) is 6.04 Å². The highest BCUT2D eigenvalue weighted by atomic mass is 32.1. The van der Waals surface area contributed by atoms with Crippen LogP contribution in [0.5, 0.6) is 0 Å². The molecular formula is C16H26N4S. The molecule has 0 radical (unpaired) electrons. The Morgan fingerprint density at radius 3 is 2.76 bits per heavy atom. The van der Waals surface area contributed by atoms with E-state index in [-0.39, 0.29) is 0 Å². The number of thiophene rings is 1. The molecular weight excluding hydrogens is 280 g/mol. The SMILES string of the molecule is CCCNc1nc(NC(C)CC(C)CC)c2ccsc2n1. The maximum Gasteiger partial charge on any atom is 0.226 e. The van der Waals surface area contributed by atoms with Crippen LogP contribution < -0.4 is 10.6 Å². The van der Waals surface area contributed by atoms with Gasteiger partial charge in [0, 0.05) is 12.6 Å². The largest absolute Gasteiger partial charge is 0.367 e. The van der Waals surface area contributed by atoms with Gasteiger partial charge < -0.3 is 10.6 Å². The fraction of sp³-hybridized carbons (Fsp3) is 0.625. The van der Waals surface area contributed by atoms with Crippen LogP contribution in [-0.2, 0) is 0 Å². The standard InChI is InChI=1S/C16H26N4S/c1-5-8-17-16-19-14(13-7-9-21-15(13)20-16)18-12(4)10-11(3)6-2/h7,9,11-12H,5-6,8,10H2,1-4H3,(H2,17,18,19,20). The van der Waals surface area contributed by atoms with Gasteiger partial charge in [-0.15, -0.1) is 11.3 Å². The zero-order chi connectivity index (χ0) is 15.2. The highest BCUT2D eigenvalue weighted by Gasteiger charge is 2.12. The first-order valence-corrected chi connectivity index (χ1v) is 8.77. The Bertz CT molecular complexity index is 566. The Morgan fingerprint density at radius 2 is 2.05 bits per heavy atom. The van der Waals surface area contributed by atoms with Crippen LogP contribution in [0.15, 0.2) is 11.4 Å². The zero-order valence-electron chi connectivity index (χ0n) is 13.4. The molecule has 5 heteroatoms. The summed E-state index contributed by atoms with van der Waals surface area (Å²) in [5.74, 6) is 2.41. The van der Waals surface area contributed by atoms with E-state index >= 15 is 0 Å². The number of nitrogens with one attached hydrogen (secondary N) is 2. The molecule has 0 fully saturated rings.